The molecule has 0 radical (unpaired) electrons. The summed E-state index contributed by atoms with van der Waals surface area (Å²) in [7, 11) is 0. The summed E-state index contributed by atoms with van der Waals surface area (Å²) >= 11 is 12.1. The molecule has 0 unspecified atom stereocenters. The van der Waals surface area contributed by atoms with Gasteiger partial charge in [-0.1, -0.05) is 35.3 Å². The molecule has 2 aromatic rings. The number of hydrogen-bond donors (Lipinski definition) is 1. The van der Waals surface area contributed by atoms with Gasteiger partial charge in [0.25, 0.3) is 5.91 Å². The lowest BCUT2D eigenvalue weighted by molar-refractivity contribution is 0.0988. The number of halogens is 2. The van der Waals surface area contributed by atoms with Gasteiger partial charge in [-0.15, -0.1) is 0 Å². The molecule has 0 fully saturated rings. The quantitative estimate of drug-likeness (QED) is 0.862. The Morgan fingerprint density at radius 2 is 1.90 bits per heavy atom. The summed E-state index contributed by atoms with van der Waals surface area (Å²) in [6.07, 6.45) is 0. The monoisotopic (exact) mass is 308 g/mol. The third-order valence-electron chi connectivity index (χ3n) is 2.93. The molecular formula is C15H14Cl2N2O. The second-order valence-corrected chi connectivity index (χ2v) is 5.03. The minimum atomic E-state index is -0.203. The van der Waals surface area contributed by atoms with Gasteiger partial charge in [0.1, 0.15) is 0 Å². The Kier molecular flexibility index (Phi) is 4.53. The molecule has 0 atom stereocenters. The highest BCUT2D eigenvalue weighted by Gasteiger charge is 2.19. The summed E-state index contributed by atoms with van der Waals surface area (Å²) in [5.74, 6) is -0.203. The molecule has 0 saturated carbocycles. The van der Waals surface area contributed by atoms with Gasteiger partial charge in [0.2, 0.25) is 0 Å². The van der Waals surface area contributed by atoms with E-state index in [1.807, 2.05) is 13.0 Å². The van der Waals surface area contributed by atoms with Crippen LogP contribution in [-0.4, -0.2) is 12.5 Å². The highest BCUT2D eigenvalue weighted by molar-refractivity contribution is 6.44. The van der Waals surface area contributed by atoms with Gasteiger partial charge < -0.3 is 10.6 Å². The van der Waals surface area contributed by atoms with Crippen LogP contribution in [0.4, 0.5) is 11.4 Å². The van der Waals surface area contributed by atoms with Crippen LogP contribution in [0, 0.1) is 0 Å². The highest BCUT2D eigenvalue weighted by Crippen LogP contribution is 2.28. The maximum atomic E-state index is 12.6. The summed E-state index contributed by atoms with van der Waals surface area (Å²) in [6, 6.07) is 12.2. The van der Waals surface area contributed by atoms with Crippen molar-refractivity contribution in [2.75, 3.05) is 17.2 Å². The summed E-state index contributed by atoms with van der Waals surface area (Å²) < 4.78 is 0. The van der Waals surface area contributed by atoms with Crippen LogP contribution in [0.15, 0.2) is 42.5 Å². The first kappa shape index (κ1) is 14.7. The van der Waals surface area contributed by atoms with Gasteiger partial charge in [-0.2, -0.15) is 0 Å². The number of rotatable bonds is 3. The average molecular weight is 309 g/mol. The van der Waals surface area contributed by atoms with E-state index in [-0.39, 0.29) is 10.9 Å². The summed E-state index contributed by atoms with van der Waals surface area (Å²) in [5, 5.41) is 0.627. The van der Waals surface area contributed by atoms with Crippen molar-refractivity contribution in [1.29, 1.82) is 0 Å². The van der Waals surface area contributed by atoms with Crippen molar-refractivity contribution in [1.82, 2.24) is 0 Å². The Labute approximate surface area is 127 Å². The first-order chi connectivity index (χ1) is 9.54. The molecule has 20 heavy (non-hydrogen) atoms. The fraction of sp³-hybridized carbons (Fsp3) is 0.133. The average Bonchev–Trinajstić information content (AvgIpc) is 2.42. The van der Waals surface area contributed by atoms with Crippen molar-refractivity contribution < 1.29 is 4.79 Å². The molecule has 0 aliphatic rings. The van der Waals surface area contributed by atoms with Crippen LogP contribution >= 0.6 is 23.2 Å². The minimum absolute atomic E-state index is 0.203. The molecular weight excluding hydrogens is 295 g/mol. The molecule has 2 rings (SSSR count). The number of carbonyl (C=O) groups is 1. The van der Waals surface area contributed by atoms with Crippen molar-refractivity contribution in [3.8, 4) is 0 Å². The number of nitrogens with two attached hydrogens (primary N) is 1. The van der Waals surface area contributed by atoms with E-state index in [0.717, 1.165) is 5.69 Å². The van der Waals surface area contributed by atoms with E-state index in [2.05, 4.69) is 0 Å². The van der Waals surface area contributed by atoms with E-state index in [9.17, 15) is 4.79 Å². The zero-order valence-electron chi connectivity index (χ0n) is 10.9. The molecule has 1 amide bonds. The van der Waals surface area contributed by atoms with Gasteiger partial charge in [0, 0.05) is 17.9 Å². The van der Waals surface area contributed by atoms with Crippen molar-refractivity contribution in [2.45, 2.75) is 6.92 Å². The number of carbonyl (C=O) groups excluding carboxylic acids is 1. The number of nitrogens with zero attached hydrogens (tertiary/aromatic N) is 1. The van der Waals surface area contributed by atoms with Crippen LogP contribution in [0.1, 0.15) is 17.3 Å². The van der Waals surface area contributed by atoms with Gasteiger partial charge in [-0.05, 0) is 37.3 Å². The molecule has 2 N–H and O–H groups in total. The van der Waals surface area contributed by atoms with E-state index >= 15 is 0 Å². The van der Waals surface area contributed by atoms with Crippen molar-refractivity contribution in [2.24, 2.45) is 0 Å². The molecule has 0 heterocycles. The fourth-order valence-electron chi connectivity index (χ4n) is 1.95. The molecule has 2 aromatic carbocycles. The summed E-state index contributed by atoms with van der Waals surface area (Å²) in [6.45, 7) is 2.39. The van der Waals surface area contributed by atoms with E-state index in [4.69, 9.17) is 28.9 Å². The normalized spacial score (nSPS) is 10.3. The number of benzene rings is 2. The third kappa shape index (κ3) is 2.89. The Bertz CT molecular complexity index is 644. The van der Waals surface area contributed by atoms with Crippen LogP contribution < -0.4 is 10.6 Å². The van der Waals surface area contributed by atoms with E-state index in [1.54, 1.807) is 41.3 Å². The second-order valence-electron chi connectivity index (χ2n) is 4.25. The van der Waals surface area contributed by atoms with Crippen molar-refractivity contribution >= 4 is 40.5 Å². The predicted octanol–water partition coefficient (Wildman–Crippen LogP) is 4.24. The molecule has 3 nitrogen and oxygen atoms in total. The lowest BCUT2D eigenvalue weighted by Crippen LogP contribution is -2.30. The molecule has 0 aliphatic carbocycles. The topological polar surface area (TPSA) is 46.3 Å². The largest absolute Gasteiger partial charge is 0.399 e. The number of anilines is 2. The maximum absolute atomic E-state index is 12.6. The Hall–Kier alpha value is -1.71. The molecule has 104 valence electrons. The molecule has 0 aromatic heterocycles. The molecule has 0 aliphatic heterocycles. The van der Waals surface area contributed by atoms with Crippen molar-refractivity contribution in [3.63, 3.8) is 0 Å². The summed E-state index contributed by atoms with van der Waals surface area (Å²) in [5.41, 5.74) is 7.47. The van der Waals surface area contributed by atoms with Gasteiger partial charge >= 0.3 is 0 Å². The van der Waals surface area contributed by atoms with Crippen LogP contribution in [0.25, 0.3) is 0 Å². The summed E-state index contributed by atoms with van der Waals surface area (Å²) in [4.78, 5) is 14.2. The van der Waals surface area contributed by atoms with Gasteiger partial charge in [-0.25, -0.2) is 0 Å². The zero-order valence-corrected chi connectivity index (χ0v) is 12.4. The van der Waals surface area contributed by atoms with Gasteiger partial charge in [-0.3, -0.25) is 4.79 Å². The SMILES string of the molecule is CCN(C(=O)c1cccc(Cl)c1Cl)c1cccc(N)c1. The Morgan fingerprint density at radius 1 is 1.20 bits per heavy atom. The van der Waals surface area contributed by atoms with Crippen molar-refractivity contribution in [3.05, 3.63) is 58.1 Å². The molecule has 5 heteroatoms. The first-order valence-electron chi connectivity index (χ1n) is 6.16. The Balaban J connectivity index is 2.42. The lowest BCUT2D eigenvalue weighted by atomic mass is 10.1. The first-order valence-corrected chi connectivity index (χ1v) is 6.91. The van der Waals surface area contributed by atoms with E-state index in [0.29, 0.717) is 22.8 Å². The lowest BCUT2D eigenvalue weighted by Gasteiger charge is -2.22. The number of nitrogen functional groups attached to an aromatic ring is 1. The highest BCUT2D eigenvalue weighted by atomic mass is 35.5. The third-order valence-corrected chi connectivity index (χ3v) is 3.74. The maximum Gasteiger partial charge on any atom is 0.259 e. The van der Waals surface area contributed by atoms with E-state index in [1.165, 1.54) is 0 Å². The standard InChI is InChI=1S/C15H14Cl2N2O/c1-2-19(11-6-3-5-10(18)9-11)15(20)12-7-4-8-13(16)14(12)17/h3-9H,2,18H2,1H3. The zero-order chi connectivity index (χ0) is 14.7. The van der Waals surface area contributed by atoms with E-state index < -0.39 is 0 Å². The smallest absolute Gasteiger partial charge is 0.259 e. The van der Waals surface area contributed by atoms with Crippen LogP contribution in [0.5, 0.6) is 0 Å². The van der Waals surface area contributed by atoms with Crippen LogP contribution in [-0.2, 0) is 0 Å². The molecule has 0 bridgehead atoms. The molecule has 0 spiro atoms. The predicted molar refractivity (Wildman–Crippen MR) is 84.7 cm³/mol. The molecule has 0 saturated heterocycles. The Morgan fingerprint density at radius 3 is 2.55 bits per heavy atom. The van der Waals surface area contributed by atoms with Gasteiger partial charge in [0.15, 0.2) is 0 Å². The van der Waals surface area contributed by atoms with Crippen LogP contribution in [0.2, 0.25) is 10.0 Å². The van der Waals surface area contributed by atoms with Gasteiger partial charge in [0.05, 0.1) is 15.6 Å². The second kappa shape index (κ2) is 6.16. The fourth-order valence-corrected chi connectivity index (χ4v) is 2.33. The minimum Gasteiger partial charge on any atom is -0.399 e. The number of hydrogen-bond acceptors (Lipinski definition) is 2. The number of amides is 1. The van der Waals surface area contributed by atoms with Crippen LogP contribution in [0.3, 0.4) is 0 Å².